The number of carbonyl (C=O) groups is 4. The van der Waals surface area contributed by atoms with Crippen LogP contribution in [0.4, 0.5) is 0 Å². The van der Waals surface area contributed by atoms with Gasteiger partial charge >= 0.3 is 0 Å². The van der Waals surface area contributed by atoms with Crippen molar-refractivity contribution in [2.24, 2.45) is 17.6 Å². The second kappa shape index (κ2) is 15.1. The molecule has 0 aromatic heterocycles. The monoisotopic (exact) mass is 475 g/mol. The molecule has 0 radical (unpaired) electrons. The Hall–Kier alpha value is -2.90. The number of amides is 3. The number of Topliss-reactive ketones (excluding diaryl/α,β-unsaturated/α-hetero) is 1. The highest BCUT2D eigenvalue weighted by atomic mass is 16.5. The van der Waals surface area contributed by atoms with Crippen molar-refractivity contribution in [2.75, 3.05) is 7.11 Å². The number of unbranched alkanes of at least 4 members (excludes halogenated alkanes) is 4. The van der Waals surface area contributed by atoms with Crippen molar-refractivity contribution in [3.05, 3.63) is 29.8 Å². The molecule has 0 unspecified atom stereocenters. The molecule has 0 aliphatic heterocycles. The first-order valence-electron chi connectivity index (χ1n) is 12.2. The van der Waals surface area contributed by atoms with Crippen LogP contribution in [0.1, 0.15) is 71.8 Å². The summed E-state index contributed by atoms with van der Waals surface area (Å²) < 4.78 is 5.17. The summed E-state index contributed by atoms with van der Waals surface area (Å²) in [7, 11) is 1.56. The number of ether oxygens (including phenoxy) is 1. The molecule has 0 spiro atoms. The fourth-order valence-corrected chi connectivity index (χ4v) is 3.59. The van der Waals surface area contributed by atoms with Crippen LogP contribution in [0.15, 0.2) is 24.3 Å². The van der Waals surface area contributed by atoms with E-state index in [2.05, 4.69) is 17.6 Å². The molecule has 0 heterocycles. The van der Waals surface area contributed by atoms with E-state index in [4.69, 9.17) is 10.5 Å². The van der Waals surface area contributed by atoms with Crippen LogP contribution in [0.25, 0.3) is 0 Å². The van der Waals surface area contributed by atoms with Gasteiger partial charge in [0.15, 0.2) is 0 Å². The Kier molecular flexibility index (Phi) is 12.9. The van der Waals surface area contributed by atoms with Gasteiger partial charge in [0, 0.05) is 12.8 Å². The summed E-state index contributed by atoms with van der Waals surface area (Å²) in [4.78, 5) is 50.2. The lowest BCUT2D eigenvalue weighted by molar-refractivity contribution is -0.136. The summed E-state index contributed by atoms with van der Waals surface area (Å²) in [5.74, 6) is -2.24. The minimum atomic E-state index is -0.971. The van der Waals surface area contributed by atoms with Gasteiger partial charge in [-0.15, -0.1) is 0 Å². The van der Waals surface area contributed by atoms with Gasteiger partial charge in [0.2, 0.25) is 17.7 Å². The second-order valence-corrected chi connectivity index (χ2v) is 9.10. The normalized spacial score (nSPS) is 13.6. The Balaban J connectivity index is 2.91. The van der Waals surface area contributed by atoms with Crippen molar-refractivity contribution < 1.29 is 23.9 Å². The maximum absolute atomic E-state index is 13.0. The average molecular weight is 476 g/mol. The van der Waals surface area contributed by atoms with Crippen molar-refractivity contribution in [3.8, 4) is 5.75 Å². The highest BCUT2D eigenvalue weighted by Gasteiger charge is 2.30. The van der Waals surface area contributed by atoms with E-state index in [-0.39, 0.29) is 18.1 Å². The van der Waals surface area contributed by atoms with Gasteiger partial charge in [-0.1, -0.05) is 58.6 Å². The van der Waals surface area contributed by atoms with Crippen molar-refractivity contribution in [3.63, 3.8) is 0 Å². The van der Waals surface area contributed by atoms with Crippen LogP contribution in [-0.2, 0) is 25.6 Å². The number of benzene rings is 1. The molecular formula is C26H41N3O5. The summed E-state index contributed by atoms with van der Waals surface area (Å²) in [6, 6.07) is 5.27. The highest BCUT2D eigenvalue weighted by Crippen LogP contribution is 2.14. The van der Waals surface area contributed by atoms with E-state index in [1.165, 1.54) is 0 Å². The molecule has 0 bridgehead atoms. The van der Waals surface area contributed by atoms with E-state index in [1.54, 1.807) is 52.1 Å². The SMILES string of the molecule is CCCCCCCC(=O)[C@@H](C)C(=O)N[C@H](Cc1ccc(OC)cc1)C(=O)N[C@H](C(N)=O)C(C)C. The molecule has 0 saturated heterocycles. The van der Waals surface area contributed by atoms with E-state index < -0.39 is 35.7 Å². The van der Waals surface area contributed by atoms with Gasteiger partial charge in [-0.25, -0.2) is 0 Å². The molecule has 0 aliphatic carbocycles. The Morgan fingerprint density at radius 1 is 0.912 bits per heavy atom. The molecule has 8 heteroatoms. The minimum Gasteiger partial charge on any atom is -0.497 e. The van der Waals surface area contributed by atoms with Gasteiger partial charge < -0.3 is 21.1 Å². The number of nitrogens with one attached hydrogen (secondary N) is 2. The standard InChI is InChI=1S/C26H41N3O5/c1-6-7-8-9-10-11-22(30)18(4)25(32)28-21(16-19-12-14-20(34-5)15-13-19)26(33)29-23(17(2)3)24(27)31/h12-15,17-18,21,23H,6-11,16H2,1-5H3,(H2,27,31)(H,28,32)(H,29,33)/t18-,21-,23+/m1/s1. The van der Waals surface area contributed by atoms with Crippen LogP contribution in [0.2, 0.25) is 0 Å². The summed E-state index contributed by atoms with van der Waals surface area (Å²) >= 11 is 0. The predicted octanol–water partition coefficient (Wildman–Crippen LogP) is 2.91. The Labute approximate surface area is 203 Å². The Morgan fingerprint density at radius 3 is 2.06 bits per heavy atom. The van der Waals surface area contributed by atoms with Gasteiger partial charge in [0.1, 0.15) is 23.6 Å². The largest absolute Gasteiger partial charge is 0.497 e. The maximum Gasteiger partial charge on any atom is 0.243 e. The minimum absolute atomic E-state index is 0.144. The number of hydrogen-bond donors (Lipinski definition) is 3. The average Bonchev–Trinajstić information content (AvgIpc) is 2.81. The fraction of sp³-hybridized carbons (Fsp3) is 0.615. The van der Waals surface area contributed by atoms with Gasteiger partial charge in [-0.3, -0.25) is 19.2 Å². The zero-order valence-corrected chi connectivity index (χ0v) is 21.2. The van der Waals surface area contributed by atoms with Crippen LogP contribution >= 0.6 is 0 Å². The van der Waals surface area contributed by atoms with Crippen LogP contribution < -0.4 is 21.1 Å². The van der Waals surface area contributed by atoms with E-state index in [0.717, 1.165) is 37.7 Å². The molecular weight excluding hydrogens is 434 g/mol. The fourth-order valence-electron chi connectivity index (χ4n) is 3.59. The second-order valence-electron chi connectivity index (χ2n) is 9.10. The van der Waals surface area contributed by atoms with E-state index in [9.17, 15) is 19.2 Å². The van der Waals surface area contributed by atoms with Crippen molar-refractivity contribution in [2.45, 2.75) is 84.7 Å². The molecule has 1 aromatic carbocycles. The summed E-state index contributed by atoms with van der Waals surface area (Å²) in [5.41, 5.74) is 6.23. The molecule has 1 rings (SSSR count). The Morgan fingerprint density at radius 2 is 1.53 bits per heavy atom. The molecule has 34 heavy (non-hydrogen) atoms. The number of carbonyl (C=O) groups excluding carboxylic acids is 4. The van der Waals surface area contributed by atoms with Crippen molar-refractivity contribution in [1.29, 1.82) is 0 Å². The summed E-state index contributed by atoms with van der Waals surface area (Å²) in [6.45, 7) is 7.23. The molecule has 3 atom stereocenters. The maximum atomic E-state index is 13.0. The quantitative estimate of drug-likeness (QED) is 0.250. The first kappa shape index (κ1) is 29.1. The van der Waals surface area contributed by atoms with Gasteiger partial charge in [-0.2, -0.15) is 0 Å². The molecule has 1 aromatic rings. The molecule has 190 valence electrons. The number of nitrogens with two attached hydrogens (primary N) is 1. The van der Waals surface area contributed by atoms with Gasteiger partial charge in [0.25, 0.3) is 0 Å². The lowest BCUT2D eigenvalue weighted by atomic mass is 9.97. The first-order chi connectivity index (χ1) is 16.1. The topological polar surface area (TPSA) is 128 Å². The highest BCUT2D eigenvalue weighted by molar-refractivity contribution is 6.02. The zero-order valence-electron chi connectivity index (χ0n) is 21.2. The molecule has 4 N–H and O–H groups in total. The predicted molar refractivity (Wildman–Crippen MR) is 132 cm³/mol. The molecule has 0 saturated carbocycles. The first-order valence-corrected chi connectivity index (χ1v) is 12.2. The lowest BCUT2D eigenvalue weighted by Gasteiger charge is -2.25. The van der Waals surface area contributed by atoms with Crippen LogP contribution in [0.5, 0.6) is 5.75 Å². The summed E-state index contributed by atoms with van der Waals surface area (Å²) in [5, 5.41) is 5.36. The molecule has 8 nitrogen and oxygen atoms in total. The van der Waals surface area contributed by atoms with Crippen LogP contribution in [0, 0.1) is 11.8 Å². The number of rotatable bonds is 16. The number of methoxy groups -OCH3 is 1. The summed E-state index contributed by atoms with van der Waals surface area (Å²) in [6.07, 6.45) is 5.56. The number of hydrogen-bond acceptors (Lipinski definition) is 5. The van der Waals surface area contributed by atoms with Crippen molar-refractivity contribution >= 4 is 23.5 Å². The van der Waals surface area contributed by atoms with Crippen LogP contribution in [0.3, 0.4) is 0 Å². The molecule has 3 amide bonds. The van der Waals surface area contributed by atoms with Gasteiger partial charge in [-0.05, 0) is 37.0 Å². The number of ketones is 1. The zero-order chi connectivity index (χ0) is 25.7. The third-order valence-corrected chi connectivity index (χ3v) is 5.91. The van der Waals surface area contributed by atoms with E-state index >= 15 is 0 Å². The smallest absolute Gasteiger partial charge is 0.243 e. The molecule has 0 aliphatic rings. The van der Waals surface area contributed by atoms with E-state index in [0.29, 0.717) is 12.2 Å². The Bertz CT molecular complexity index is 807. The lowest BCUT2D eigenvalue weighted by Crippen LogP contribution is -2.56. The van der Waals surface area contributed by atoms with E-state index in [1.807, 2.05) is 0 Å². The number of primary amides is 1. The van der Waals surface area contributed by atoms with Crippen molar-refractivity contribution in [1.82, 2.24) is 10.6 Å². The third kappa shape index (κ3) is 9.93. The van der Waals surface area contributed by atoms with Crippen LogP contribution in [-0.4, -0.2) is 42.7 Å². The third-order valence-electron chi connectivity index (χ3n) is 5.91. The molecule has 0 fully saturated rings. The van der Waals surface area contributed by atoms with Gasteiger partial charge in [0.05, 0.1) is 13.0 Å².